The van der Waals surface area contributed by atoms with Crippen molar-refractivity contribution >= 4 is 51.2 Å². The minimum absolute atomic E-state index is 0.306. The van der Waals surface area contributed by atoms with Crippen molar-refractivity contribution in [2.24, 2.45) is 0 Å². The molecule has 0 aliphatic heterocycles. The number of rotatable bonds is 3. The van der Waals surface area contributed by atoms with Gasteiger partial charge in [0.25, 0.3) is 0 Å². The van der Waals surface area contributed by atoms with Gasteiger partial charge in [-0.25, -0.2) is 4.79 Å². The summed E-state index contributed by atoms with van der Waals surface area (Å²) in [7, 11) is 0. The second-order valence-electron chi connectivity index (χ2n) is 5.33. The fraction of sp³-hybridized carbons (Fsp3) is 0. The average Bonchev–Trinajstić information content (AvgIpc) is 3.18. The second kappa shape index (κ2) is 6.11. The molecule has 0 bridgehead atoms. The van der Waals surface area contributed by atoms with Gasteiger partial charge in [0, 0.05) is 15.3 Å². The van der Waals surface area contributed by atoms with Gasteiger partial charge in [-0.05, 0) is 60.1 Å². The number of carboxylic acid groups (broad SMARTS) is 1. The molecule has 0 unspecified atom stereocenters. The van der Waals surface area contributed by atoms with Crippen LogP contribution in [0.4, 0.5) is 0 Å². The third-order valence-corrected chi connectivity index (χ3v) is 5.36. The molecule has 0 saturated carbocycles. The van der Waals surface area contributed by atoms with Crippen molar-refractivity contribution in [1.29, 1.82) is 0 Å². The first-order chi connectivity index (χ1) is 12.0. The number of aromatic amines is 1. The highest BCUT2D eigenvalue weighted by molar-refractivity contribution is 7.71. The Morgan fingerprint density at radius 3 is 2.68 bits per heavy atom. The van der Waals surface area contributed by atoms with Gasteiger partial charge in [0.05, 0.1) is 5.69 Å². The molecule has 0 atom stereocenters. The first kappa shape index (κ1) is 16.0. The lowest BCUT2D eigenvalue weighted by atomic mass is 10.2. The summed E-state index contributed by atoms with van der Waals surface area (Å²) in [5, 5.41) is 17.8. The van der Waals surface area contributed by atoms with Crippen LogP contribution in [-0.4, -0.2) is 25.8 Å². The zero-order valence-electron chi connectivity index (χ0n) is 12.6. The molecule has 0 radical (unpaired) electrons. The predicted octanol–water partition coefficient (Wildman–Crippen LogP) is 5.16. The standard InChI is InChI=1S/C17H10ClN3O2S2/c18-11-4-1-9(2-5-11)15-19-20-17(24)21(15)12-6-3-10-7-14(16(22)23)25-13(10)8-12/h1-8H,(H,20,24)(H,22,23). The van der Waals surface area contributed by atoms with E-state index in [4.69, 9.17) is 28.9 Å². The molecule has 2 aromatic heterocycles. The number of aromatic nitrogens is 3. The molecule has 124 valence electrons. The van der Waals surface area contributed by atoms with Crippen LogP contribution in [0.15, 0.2) is 48.5 Å². The van der Waals surface area contributed by atoms with E-state index in [1.54, 1.807) is 18.2 Å². The van der Waals surface area contributed by atoms with Crippen LogP contribution in [0.5, 0.6) is 0 Å². The summed E-state index contributed by atoms with van der Waals surface area (Å²) in [6.07, 6.45) is 0. The van der Waals surface area contributed by atoms with Crippen molar-refractivity contribution in [2.75, 3.05) is 0 Å². The zero-order chi connectivity index (χ0) is 17.6. The summed E-state index contributed by atoms with van der Waals surface area (Å²) in [6, 6.07) is 14.7. The Balaban J connectivity index is 1.88. The van der Waals surface area contributed by atoms with Crippen molar-refractivity contribution in [2.45, 2.75) is 0 Å². The smallest absolute Gasteiger partial charge is 0.345 e. The van der Waals surface area contributed by atoms with Crippen molar-refractivity contribution in [3.63, 3.8) is 0 Å². The fourth-order valence-corrected chi connectivity index (χ4v) is 3.89. The minimum Gasteiger partial charge on any atom is -0.477 e. The highest BCUT2D eigenvalue weighted by Gasteiger charge is 2.13. The second-order valence-corrected chi connectivity index (χ2v) is 7.24. The van der Waals surface area contributed by atoms with E-state index in [-0.39, 0.29) is 0 Å². The van der Waals surface area contributed by atoms with E-state index in [0.29, 0.717) is 20.5 Å². The Hall–Kier alpha value is -2.48. The lowest BCUT2D eigenvalue weighted by molar-refractivity contribution is 0.0702. The molecular formula is C17H10ClN3O2S2. The molecule has 0 spiro atoms. The first-order valence-electron chi connectivity index (χ1n) is 7.23. The SMILES string of the molecule is O=C(O)c1cc2ccc(-n3c(-c4ccc(Cl)cc4)n[nH]c3=S)cc2s1. The maximum atomic E-state index is 11.2. The Labute approximate surface area is 156 Å². The van der Waals surface area contributed by atoms with E-state index >= 15 is 0 Å². The van der Waals surface area contributed by atoms with Gasteiger partial charge < -0.3 is 5.11 Å². The Morgan fingerprint density at radius 2 is 1.96 bits per heavy atom. The highest BCUT2D eigenvalue weighted by atomic mass is 35.5. The monoisotopic (exact) mass is 387 g/mol. The summed E-state index contributed by atoms with van der Waals surface area (Å²) < 4.78 is 3.15. The third kappa shape index (κ3) is 2.86. The normalized spacial score (nSPS) is 11.1. The molecule has 0 amide bonds. The van der Waals surface area contributed by atoms with Crippen LogP contribution in [0.3, 0.4) is 0 Å². The van der Waals surface area contributed by atoms with Gasteiger partial charge in [0.15, 0.2) is 10.6 Å². The van der Waals surface area contributed by atoms with Crippen LogP contribution in [0.1, 0.15) is 9.67 Å². The molecule has 25 heavy (non-hydrogen) atoms. The van der Waals surface area contributed by atoms with Gasteiger partial charge in [0.1, 0.15) is 4.88 Å². The quantitative estimate of drug-likeness (QED) is 0.476. The van der Waals surface area contributed by atoms with Gasteiger partial charge >= 0.3 is 5.97 Å². The molecule has 4 aromatic rings. The number of nitrogens with one attached hydrogen (secondary N) is 1. The largest absolute Gasteiger partial charge is 0.477 e. The summed E-state index contributed by atoms with van der Waals surface area (Å²) in [5.74, 6) is -0.263. The number of nitrogens with zero attached hydrogens (tertiary/aromatic N) is 2. The van der Waals surface area contributed by atoms with E-state index in [9.17, 15) is 4.79 Å². The summed E-state index contributed by atoms with van der Waals surface area (Å²) in [6.45, 7) is 0. The van der Waals surface area contributed by atoms with E-state index in [2.05, 4.69) is 10.2 Å². The number of carboxylic acids is 1. The minimum atomic E-state index is -0.926. The molecule has 0 aliphatic rings. The van der Waals surface area contributed by atoms with Gasteiger partial charge in [-0.3, -0.25) is 9.67 Å². The predicted molar refractivity (Wildman–Crippen MR) is 102 cm³/mol. The Bertz CT molecular complexity index is 1160. The third-order valence-electron chi connectivity index (χ3n) is 3.75. The summed E-state index contributed by atoms with van der Waals surface area (Å²) in [4.78, 5) is 11.5. The number of hydrogen-bond donors (Lipinski definition) is 2. The number of benzene rings is 2. The molecular weight excluding hydrogens is 378 g/mol. The molecule has 4 rings (SSSR count). The molecule has 2 heterocycles. The van der Waals surface area contributed by atoms with E-state index in [0.717, 1.165) is 21.3 Å². The molecule has 5 nitrogen and oxygen atoms in total. The Kier molecular flexibility index (Phi) is 3.91. The topological polar surface area (TPSA) is 70.9 Å². The lowest BCUT2D eigenvalue weighted by Gasteiger charge is -2.07. The molecule has 0 saturated heterocycles. The van der Waals surface area contributed by atoms with Crippen molar-refractivity contribution in [3.05, 3.63) is 63.2 Å². The van der Waals surface area contributed by atoms with Gasteiger partial charge in [-0.15, -0.1) is 11.3 Å². The van der Waals surface area contributed by atoms with Crippen LogP contribution in [0.2, 0.25) is 5.02 Å². The van der Waals surface area contributed by atoms with Crippen LogP contribution in [0, 0.1) is 4.77 Å². The maximum absolute atomic E-state index is 11.2. The molecule has 0 aliphatic carbocycles. The average molecular weight is 388 g/mol. The van der Waals surface area contributed by atoms with E-state index in [1.807, 2.05) is 34.9 Å². The van der Waals surface area contributed by atoms with E-state index < -0.39 is 5.97 Å². The number of aromatic carboxylic acids is 1. The van der Waals surface area contributed by atoms with Crippen molar-refractivity contribution in [3.8, 4) is 17.1 Å². The summed E-state index contributed by atoms with van der Waals surface area (Å²) >= 11 is 12.6. The fourth-order valence-electron chi connectivity index (χ4n) is 2.59. The first-order valence-corrected chi connectivity index (χ1v) is 8.84. The zero-order valence-corrected chi connectivity index (χ0v) is 15.0. The lowest BCUT2D eigenvalue weighted by Crippen LogP contribution is -1.97. The highest BCUT2D eigenvalue weighted by Crippen LogP contribution is 2.30. The van der Waals surface area contributed by atoms with Crippen LogP contribution in [0.25, 0.3) is 27.2 Å². The van der Waals surface area contributed by atoms with Crippen molar-refractivity contribution < 1.29 is 9.90 Å². The van der Waals surface area contributed by atoms with Gasteiger partial charge in [-0.2, -0.15) is 5.10 Å². The number of hydrogen-bond acceptors (Lipinski definition) is 4. The van der Waals surface area contributed by atoms with Gasteiger partial charge in [0.2, 0.25) is 0 Å². The Morgan fingerprint density at radius 1 is 1.20 bits per heavy atom. The number of carbonyl (C=O) groups is 1. The number of fused-ring (bicyclic) bond motifs is 1. The molecule has 0 fully saturated rings. The van der Waals surface area contributed by atoms with Crippen LogP contribution < -0.4 is 0 Å². The van der Waals surface area contributed by atoms with Gasteiger partial charge in [-0.1, -0.05) is 17.7 Å². The van der Waals surface area contributed by atoms with Crippen LogP contribution in [-0.2, 0) is 0 Å². The van der Waals surface area contributed by atoms with Crippen LogP contribution >= 0.6 is 35.2 Å². The van der Waals surface area contributed by atoms with Crippen molar-refractivity contribution in [1.82, 2.24) is 14.8 Å². The molecule has 8 heteroatoms. The summed E-state index contributed by atoms with van der Waals surface area (Å²) in [5.41, 5.74) is 1.68. The molecule has 2 aromatic carbocycles. The number of thiophene rings is 1. The molecule has 2 N–H and O–H groups in total. The maximum Gasteiger partial charge on any atom is 0.345 e. The van der Waals surface area contributed by atoms with E-state index in [1.165, 1.54) is 11.3 Å². The number of H-pyrrole nitrogens is 1. The number of halogens is 1.